The molecule has 37 heavy (non-hydrogen) atoms. The van der Waals surface area contributed by atoms with Crippen molar-refractivity contribution < 1.29 is 14.8 Å². The minimum absolute atomic E-state index is 0.181. The second-order valence-corrected chi connectivity index (χ2v) is 9.25. The smallest absolute Gasteiger partial charge is 0.269 e. The molecule has 2 aromatic carbocycles. The summed E-state index contributed by atoms with van der Waals surface area (Å²) in [6.45, 7) is 1.40. The van der Waals surface area contributed by atoms with E-state index in [0.29, 0.717) is 12.2 Å². The van der Waals surface area contributed by atoms with Gasteiger partial charge in [-0.2, -0.15) is 5.10 Å². The van der Waals surface area contributed by atoms with Crippen molar-refractivity contribution in [2.75, 3.05) is 13.6 Å². The lowest BCUT2D eigenvalue weighted by Gasteiger charge is -2.30. The number of nitrogens with zero attached hydrogens (tertiary/aromatic N) is 2. The SMILES string of the molecule is CNC(=O)c1[nH]ncc1CN(CCc1c[nH]c2ccccc12)C1CCc2cc(/C=C/C(=O)NO)ccc21. The van der Waals surface area contributed by atoms with E-state index in [1.54, 1.807) is 24.8 Å². The van der Waals surface area contributed by atoms with Crippen LogP contribution in [0.25, 0.3) is 17.0 Å². The van der Waals surface area contributed by atoms with Gasteiger partial charge in [-0.1, -0.05) is 36.4 Å². The van der Waals surface area contributed by atoms with Gasteiger partial charge in [0, 0.05) is 54.9 Å². The number of hydroxylamine groups is 1. The third-order valence-corrected chi connectivity index (χ3v) is 7.08. The number of aromatic amines is 2. The van der Waals surface area contributed by atoms with Gasteiger partial charge in [-0.15, -0.1) is 0 Å². The summed E-state index contributed by atoms with van der Waals surface area (Å²) in [5.41, 5.74) is 8.76. The number of rotatable bonds is 9. The van der Waals surface area contributed by atoms with E-state index >= 15 is 0 Å². The molecule has 1 aliphatic rings. The van der Waals surface area contributed by atoms with Crippen LogP contribution in [-0.2, 0) is 24.2 Å². The number of amides is 2. The maximum absolute atomic E-state index is 12.4. The number of benzene rings is 2. The van der Waals surface area contributed by atoms with E-state index in [4.69, 9.17) is 5.21 Å². The molecule has 0 spiro atoms. The van der Waals surface area contributed by atoms with Crippen molar-refractivity contribution in [2.45, 2.75) is 31.8 Å². The number of fused-ring (bicyclic) bond motifs is 2. The number of hydrogen-bond acceptors (Lipinski definition) is 5. The van der Waals surface area contributed by atoms with Crippen LogP contribution in [0, 0.1) is 0 Å². The monoisotopic (exact) mass is 498 g/mol. The van der Waals surface area contributed by atoms with E-state index in [1.165, 1.54) is 28.2 Å². The number of H-pyrrole nitrogens is 2. The molecule has 1 aliphatic carbocycles. The maximum Gasteiger partial charge on any atom is 0.269 e. The molecule has 0 radical (unpaired) electrons. The Morgan fingerprint density at radius 2 is 2.08 bits per heavy atom. The molecular weight excluding hydrogens is 468 g/mol. The molecule has 2 amide bonds. The first-order chi connectivity index (χ1) is 18.1. The number of aryl methyl sites for hydroxylation is 1. The lowest BCUT2D eigenvalue weighted by molar-refractivity contribution is -0.124. The molecule has 0 aliphatic heterocycles. The maximum atomic E-state index is 12.4. The Morgan fingerprint density at radius 3 is 2.92 bits per heavy atom. The first-order valence-corrected chi connectivity index (χ1v) is 12.4. The summed E-state index contributed by atoms with van der Waals surface area (Å²) in [7, 11) is 1.62. The average molecular weight is 499 g/mol. The van der Waals surface area contributed by atoms with E-state index in [1.807, 2.05) is 12.1 Å². The molecule has 1 atom stereocenters. The third-order valence-electron chi connectivity index (χ3n) is 7.08. The highest BCUT2D eigenvalue weighted by molar-refractivity contribution is 5.93. The number of nitrogens with one attached hydrogen (secondary N) is 4. The first-order valence-electron chi connectivity index (χ1n) is 12.4. The number of hydrogen-bond donors (Lipinski definition) is 5. The number of aromatic nitrogens is 3. The summed E-state index contributed by atoms with van der Waals surface area (Å²) in [4.78, 5) is 29.6. The number of carbonyl (C=O) groups is 2. The molecule has 2 heterocycles. The van der Waals surface area contributed by atoms with Crippen molar-refractivity contribution in [2.24, 2.45) is 0 Å². The van der Waals surface area contributed by atoms with Crippen LogP contribution in [0.15, 0.2) is 60.9 Å². The van der Waals surface area contributed by atoms with Crippen molar-refractivity contribution >= 4 is 28.8 Å². The van der Waals surface area contributed by atoms with Crippen molar-refractivity contribution in [3.63, 3.8) is 0 Å². The van der Waals surface area contributed by atoms with Gasteiger partial charge in [-0.25, -0.2) is 5.48 Å². The van der Waals surface area contributed by atoms with Crippen LogP contribution in [-0.4, -0.2) is 50.7 Å². The zero-order chi connectivity index (χ0) is 25.8. The van der Waals surface area contributed by atoms with Gasteiger partial charge in [0.2, 0.25) is 0 Å². The van der Waals surface area contributed by atoms with Crippen LogP contribution < -0.4 is 10.8 Å². The summed E-state index contributed by atoms with van der Waals surface area (Å²) in [6.07, 6.45) is 9.56. The van der Waals surface area contributed by atoms with Gasteiger partial charge < -0.3 is 10.3 Å². The van der Waals surface area contributed by atoms with Crippen molar-refractivity contribution in [3.8, 4) is 0 Å². The molecule has 0 bridgehead atoms. The summed E-state index contributed by atoms with van der Waals surface area (Å²) in [5.74, 6) is -0.742. The van der Waals surface area contributed by atoms with E-state index in [0.717, 1.165) is 42.5 Å². The predicted molar refractivity (Wildman–Crippen MR) is 141 cm³/mol. The van der Waals surface area contributed by atoms with Gasteiger partial charge >= 0.3 is 0 Å². The Balaban J connectivity index is 1.42. The summed E-state index contributed by atoms with van der Waals surface area (Å²) in [6, 6.07) is 14.7. The number of para-hydroxylation sites is 1. The molecule has 190 valence electrons. The quantitative estimate of drug-likeness (QED) is 0.137. The Hall–Kier alpha value is -4.21. The van der Waals surface area contributed by atoms with E-state index in [2.05, 4.69) is 61.9 Å². The van der Waals surface area contributed by atoms with Crippen molar-refractivity contribution in [3.05, 3.63) is 94.4 Å². The van der Waals surface area contributed by atoms with Crippen LogP contribution in [0.2, 0.25) is 0 Å². The average Bonchev–Trinajstić information content (AvgIpc) is 3.67. The van der Waals surface area contributed by atoms with E-state index in [-0.39, 0.29) is 11.9 Å². The van der Waals surface area contributed by atoms with E-state index < -0.39 is 5.91 Å². The van der Waals surface area contributed by atoms with Crippen molar-refractivity contribution in [1.29, 1.82) is 0 Å². The Bertz CT molecular complexity index is 1450. The topological polar surface area (TPSA) is 126 Å². The molecule has 2 aromatic heterocycles. The minimum Gasteiger partial charge on any atom is -0.361 e. The van der Waals surface area contributed by atoms with Gasteiger partial charge in [0.05, 0.1) is 6.20 Å². The zero-order valence-electron chi connectivity index (χ0n) is 20.6. The molecule has 1 unspecified atom stereocenters. The Morgan fingerprint density at radius 1 is 1.22 bits per heavy atom. The van der Waals surface area contributed by atoms with Crippen LogP contribution in [0.3, 0.4) is 0 Å². The highest BCUT2D eigenvalue weighted by Gasteiger charge is 2.29. The standard InChI is InChI=1S/C28H30N6O3/c1-29-28(36)27-21(16-31-32-27)17-34(13-12-20-15-30-24-5-3-2-4-22(20)24)25-10-8-19-14-18(6-9-23(19)25)7-11-26(35)33-37/h2-7,9,11,14-16,25,30,37H,8,10,12-13,17H2,1H3,(H,29,36)(H,31,32)(H,33,35)/b11-7+. The second kappa shape index (κ2) is 10.8. The fraction of sp³-hybridized carbons (Fsp3) is 0.250. The first kappa shape index (κ1) is 24.5. The Kier molecular flexibility index (Phi) is 7.16. The predicted octanol–water partition coefficient (Wildman–Crippen LogP) is 3.50. The second-order valence-electron chi connectivity index (χ2n) is 9.25. The van der Waals surface area contributed by atoms with Gasteiger partial charge in [0.25, 0.3) is 11.8 Å². The lowest BCUT2D eigenvalue weighted by Crippen LogP contribution is -2.30. The highest BCUT2D eigenvalue weighted by Crippen LogP contribution is 2.37. The molecule has 0 saturated carbocycles. The minimum atomic E-state index is -0.561. The normalized spacial score (nSPS) is 14.9. The molecule has 5 N–H and O–H groups in total. The molecule has 9 nitrogen and oxygen atoms in total. The molecular formula is C28H30N6O3. The molecule has 5 rings (SSSR count). The number of carbonyl (C=O) groups excluding carboxylic acids is 2. The van der Waals surface area contributed by atoms with Gasteiger partial charge in [-0.3, -0.25) is 24.8 Å². The summed E-state index contributed by atoms with van der Waals surface area (Å²) < 4.78 is 0. The summed E-state index contributed by atoms with van der Waals surface area (Å²) in [5, 5.41) is 19.6. The molecule has 4 aromatic rings. The lowest BCUT2D eigenvalue weighted by atomic mass is 10.0. The fourth-order valence-electron chi connectivity index (χ4n) is 5.23. The Labute approximate surface area is 214 Å². The zero-order valence-corrected chi connectivity index (χ0v) is 20.6. The van der Waals surface area contributed by atoms with Crippen LogP contribution >= 0.6 is 0 Å². The van der Waals surface area contributed by atoms with Crippen LogP contribution in [0.4, 0.5) is 0 Å². The third kappa shape index (κ3) is 5.18. The fourth-order valence-corrected chi connectivity index (χ4v) is 5.23. The van der Waals surface area contributed by atoms with Crippen LogP contribution in [0.5, 0.6) is 0 Å². The summed E-state index contributed by atoms with van der Waals surface area (Å²) >= 11 is 0. The molecule has 0 saturated heterocycles. The molecule has 0 fully saturated rings. The largest absolute Gasteiger partial charge is 0.361 e. The van der Waals surface area contributed by atoms with Gasteiger partial charge in [0.1, 0.15) is 5.69 Å². The van der Waals surface area contributed by atoms with Crippen molar-refractivity contribution in [1.82, 2.24) is 30.9 Å². The van der Waals surface area contributed by atoms with Gasteiger partial charge in [-0.05, 0) is 53.7 Å². The van der Waals surface area contributed by atoms with Crippen LogP contribution in [0.1, 0.15) is 50.8 Å². The van der Waals surface area contributed by atoms with E-state index in [9.17, 15) is 9.59 Å². The highest BCUT2D eigenvalue weighted by atomic mass is 16.5. The van der Waals surface area contributed by atoms with Gasteiger partial charge in [0.15, 0.2) is 0 Å². The molecule has 9 heteroatoms.